The summed E-state index contributed by atoms with van der Waals surface area (Å²) >= 11 is 0. The minimum atomic E-state index is -0.803. The van der Waals surface area contributed by atoms with Gasteiger partial charge in [0.2, 0.25) is 0 Å². The molecule has 4 rings (SSSR count). The number of nitro benzene ring substituents is 1. The Balaban J connectivity index is 1.45. The summed E-state index contributed by atoms with van der Waals surface area (Å²) in [4.78, 5) is 34.9. The molecular weight excluding hydrogens is 388 g/mol. The van der Waals surface area contributed by atoms with E-state index in [1.807, 2.05) is 24.3 Å². The molecule has 0 unspecified atom stereocenters. The lowest BCUT2D eigenvalue weighted by Crippen LogP contribution is -2.21. The number of hydrogen-bond donors (Lipinski definition) is 1. The van der Waals surface area contributed by atoms with Crippen molar-refractivity contribution in [2.45, 2.75) is 6.92 Å². The largest absolute Gasteiger partial charge is 0.456 e. The number of nitro groups is 1. The first-order valence-electron chi connectivity index (χ1n) is 9.06. The van der Waals surface area contributed by atoms with Crippen LogP contribution in [-0.4, -0.2) is 23.4 Å². The Labute approximate surface area is 170 Å². The molecule has 0 aliphatic rings. The van der Waals surface area contributed by atoms with Gasteiger partial charge in [0.25, 0.3) is 11.6 Å². The minimum Gasteiger partial charge on any atom is -0.456 e. The Morgan fingerprint density at radius 3 is 2.60 bits per heavy atom. The fourth-order valence-electron chi connectivity index (χ4n) is 3.25. The minimum absolute atomic E-state index is 0.0447. The fraction of sp³-hybridized carbons (Fsp3) is 0.0909. The molecule has 0 fully saturated rings. The Bertz CT molecular complexity index is 1310. The maximum Gasteiger partial charge on any atom is 0.339 e. The van der Waals surface area contributed by atoms with Gasteiger partial charge < -0.3 is 14.5 Å². The van der Waals surface area contributed by atoms with E-state index in [9.17, 15) is 19.7 Å². The van der Waals surface area contributed by atoms with Crippen LogP contribution in [0.4, 0.5) is 11.4 Å². The van der Waals surface area contributed by atoms with E-state index in [2.05, 4.69) is 5.32 Å². The van der Waals surface area contributed by atoms with Gasteiger partial charge in [-0.2, -0.15) is 0 Å². The maximum atomic E-state index is 12.2. The Hall–Kier alpha value is -4.20. The quantitative estimate of drug-likeness (QED) is 0.296. The van der Waals surface area contributed by atoms with Gasteiger partial charge in [-0.1, -0.05) is 24.3 Å². The normalized spacial score (nSPS) is 10.8. The number of nitrogens with one attached hydrogen (secondary N) is 1. The number of anilines is 1. The molecule has 0 saturated carbocycles. The SMILES string of the molecule is Cc1c(C(=O)OCC(=O)Nc2ccc3oc4ccccc4c3c2)cccc1[N+](=O)[O-]. The molecule has 3 aromatic carbocycles. The molecule has 8 nitrogen and oxygen atoms in total. The second kappa shape index (κ2) is 7.67. The molecule has 0 atom stereocenters. The number of carbonyl (C=O) groups excluding carboxylic acids is 2. The number of benzene rings is 3. The summed E-state index contributed by atoms with van der Waals surface area (Å²) in [7, 11) is 0. The van der Waals surface area contributed by atoms with Crippen molar-refractivity contribution in [2.24, 2.45) is 0 Å². The first kappa shape index (κ1) is 19.1. The first-order chi connectivity index (χ1) is 14.4. The predicted octanol–water partition coefficient (Wildman–Crippen LogP) is 4.60. The number of ether oxygens (including phenoxy) is 1. The average Bonchev–Trinajstić information content (AvgIpc) is 3.10. The van der Waals surface area contributed by atoms with Gasteiger partial charge in [-0.3, -0.25) is 14.9 Å². The number of esters is 1. The van der Waals surface area contributed by atoms with Gasteiger partial charge in [0.15, 0.2) is 6.61 Å². The molecular formula is C22H16N2O6. The van der Waals surface area contributed by atoms with Crippen molar-refractivity contribution in [3.63, 3.8) is 0 Å². The summed E-state index contributed by atoms with van der Waals surface area (Å²) in [5.41, 5.74) is 2.02. The van der Waals surface area contributed by atoms with Gasteiger partial charge in [-0.25, -0.2) is 4.79 Å². The molecule has 0 radical (unpaired) electrons. The van der Waals surface area contributed by atoms with Crippen molar-refractivity contribution in [1.29, 1.82) is 0 Å². The Morgan fingerprint density at radius 1 is 1.03 bits per heavy atom. The lowest BCUT2D eigenvalue weighted by molar-refractivity contribution is -0.385. The van der Waals surface area contributed by atoms with Crippen LogP contribution >= 0.6 is 0 Å². The van der Waals surface area contributed by atoms with Gasteiger partial charge in [-0.15, -0.1) is 0 Å². The number of furan rings is 1. The first-order valence-corrected chi connectivity index (χ1v) is 9.06. The van der Waals surface area contributed by atoms with E-state index in [1.54, 1.807) is 18.2 Å². The average molecular weight is 404 g/mol. The van der Waals surface area contributed by atoms with Crippen LogP contribution in [0.15, 0.2) is 65.1 Å². The summed E-state index contributed by atoms with van der Waals surface area (Å²) in [6, 6.07) is 16.9. The van der Waals surface area contributed by atoms with E-state index >= 15 is 0 Å². The number of para-hydroxylation sites is 1. The van der Waals surface area contributed by atoms with Gasteiger partial charge >= 0.3 is 5.97 Å². The van der Waals surface area contributed by atoms with Crippen molar-refractivity contribution in [3.8, 4) is 0 Å². The molecule has 0 spiro atoms. The maximum absolute atomic E-state index is 12.2. The number of carbonyl (C=O) groups is 2. The molecule has 0 aliphatic heterocycles. The van der Waals surface area contributed by atoms with Crippen molar-refractivity contribution in [3.05, 3.63) is 81.9 Å². The van der Waals surface area contributed by atoms with Gasteiger partial charge in [-0.05, 0) is 37.3 Å². The molecule has 1 heterocycles. The zero-order valence-corrected chi connectivity index (χ0v) is 15.9. The summed E-state index contributed by atoms with van der Waals surface area (Å²) < 4.78 is 10.8. The highest BCUT2D eigenvalue weighted by atomic mass is 16.6. The van der Waals surface area contributed by atoms with Crippen LogP contribution in [0.1, 0.15) is 15.9 Å². The van der Waals surface area contributed by atoms with Gasteiger partial charge in [0.1, 0.15) is 11.2 Å². The molecule has 4 aromatic rings. The molecule has 0 bridgehead atoms. The summed E-state index contributed by atoms with van der Waals surface area (Å²) in [6.45, 7) is 0.935. The highest BCUT2D eigenvalue weighted by molar-refractivity contribution is 6.07. The molecule has 150 valence electrons. The van der Waals surface area contributed by atoms with E-state index in [0.29, 0.717) is 11.3 Å². The molecule has 0 aliphatic carbocycles. The highest BCUT2D eigenvalue weighted by Gasteiger charge is 2.19. The fourth-order valence-corrected chi connectivity index (χ4v) is 3.25. The summed E-state index contributed by atoms with van der Waals surface area (Å²) in [5.74, 6) is -1.33. The second-order valence-corrected chi connectivity index (χ2v) is 6.64. The highest BCUT2D eigenvalue weighted by Crippen LogP contribution is 2.30. The van der Waals surface area contributed by atoms with E-state index in [-0.39, 0.29) is 16.8 Å². The smallest absolute Gasteiger partial charge is 0.339 e. The zero-order chi connectivity index (χ0) is 21.3. The summed E-state index contributed by atoms with van der Waals surface area (Å²) in [6.07, 6.45) is 0. The van der Waals surface area contributed by atoms with E-state index in [0.717, 1.165) is 16.4 Å². The van der Waals surface area contributed by atoms with Crippen LogP contribution in [0.2, 0.25) is 0 Å². The van der Waals surface area contributed by atoms with Crippen LogP contribution < -0.4 is 5.32 Å². The molecule has 1 amide bonds. The van der Waals surface area contributed by atoms with Crippen molar-refractivity contribution in [2.75, 3.05) is 11.9 Å². The van der Waals surface area contributed by atoms with Gasteiger partial charge in [0, 0.05) is 28.1 Å². The molecule has 1 aromatic heterocycles. The molecule has 8 heteroatoms. The van der Waals surface area contributed by atoms with Crippen LogP contribution in [0.3, 0.4) is 0 Å². The lowest BCUT2D eigenvalue weighted by Gasteiger charge is -2.08. The van der Waals surface area contributed by atoms with Crippen LogP contribution in [0.25, 0.3) is 21.9 Å². The number of rotatable bonds is 5. The topological polar surface area (TPSA) is 112 Å². The third kappa shape index (κ3) is 3.58. The second-order valence-electron chi connectivity index (χ2n) is 6.64. The standard InChI is InChI=1S/C22H16N2O6/c1-13-15(6-4-7-18(13)24(27)28)22(26)29-12-21(25)23-14-9-10-20-17(11-14)16-5-2-3-8-19(16)30-20/h2-11H,12H2,1H3,(H,23,25). The van der Waals surface area contributed by atoms with E-state index in [4.69, 9.17) is 9.15 Å². The molecule has 1 N–H and O–H groups in total. The number of fused-ring (bicyclic) bond motifs is 3. The van der Waals surface area contributed by atoms with Crippen molar-refractivity contribution >= 4 is 45.2 Å². The van der Waals surface area contributed by atoms with Crippen LogP contribution in [0.5, 0.6) is 0 Å². The lowest BCUT2D eigenvalue weighted by atomic mass is 10.1. The van der Waals surface area contributed by atoms with Crippen LogP contribution in [0, 0.1) is 17.0 Å². The van der Waals surface area contributed by atoms with Crippen LogP contribution in [-0.2, 0) is 9.53 Å². The van der Waals surface area contributed by atoms with Gasteiger partial charge in [0.05, 0.1) is 10.5 Å². The third-order valence-electron chi connectivity index (χ3n) is 4.72. The number of hydrogen-bond acceptors (Lipinski definition) is 6. The zero-order valence-electron chi connectivity index (χ0n) is 15.9. The third-order valence-corrected chi connectivity index (χ3v) is 4.72. The summed E-state index contributed by atoms with van der Waals surface area (Å²) in [5, 5.41) is 15.5. The Morgan fingerprint density at radius 2 is 1.80 bits per heavy atom. The molecule has 0 saturated heterocycles. The number of amides is 1. The van der Waals surface area contributed by atoms with Crippen molar-refractivity contribution < 1.29 is 23.7 Å². The van der Waals surface area contributed by atoms with E-state index < -0.39 is 23.4 Å². The number of nitrogens with zero attached hydrogens (tertiary/aromatic N) is 1. The predicted molar refractivity (Wildman–Crippen MR) is 110 cm³/mol. The van der Waals surface area contributed by atoms with E-state index in [1.165, 1.54) is 25.1 Å². The Kier molecular flexibility index (Phi) is 4.89. The molecule has 30 heavy (non-hydrogen) atoms. The van der Waals surface area contributed by atoms with Crippen molar-refractivity contribution in [1.82, 2.24) is 0 Å². The monoisotopic (exact) mass is 404 g/mol.